The van der Waals surface area contributed by atoms with Gasteiger partial charge in [0, 0.05) is 111 Å². The Balaban J connectivity index is 0.000000137. The van der Waals surface area contributed by atoms with Crippen molar-refractivity contribution in [2.24, 2.45) is 0 Å². The topological polar surface area (TPSA) is 280 Å². The number of hydrogen-bond donors (Lipinski definition) is 3. The third-order valence-corrected chi connectivity index (χ3v) is 14.3. The summed E-state index contributed by atoms with van der Waals surface area (Å²) in [6.45, 7) is 0. The average Bonchev–Trinajstić information content (AvgIpc) is 2.25. The molecule has 0 spiro atoms. The molecule has 0 amide bonds. The number of thiazole rings is 1. The van der Waals surface area contributed by atoms with E-state index < -0.39 is 0 Å². The number of fused-ring (bicyclic) bond motifs is 7. The predicted octanol–water partition coefficient (Wildman–Crippen LogP) is 17.5. The van der Waals surface area contributed by atoms with Crippen LogP contribution < -0.4 is 0 Å². The summed E-state index contributed by atoms with van der Waals surface area (Å²) < 4.78 is 17.3. The number of thiophene rings is 1. The van der Waals surface area contributed by atoms with E-state index in [4.69, 9.17) is 4.42 Å². The van der Waals surface area contributed by atoms with Crippen molar-refractivity contribution >= 4 is 122 Å². The lowest BCUT2D eigenvalue weighted by molar-refractivity contribution is 0.616. The molecule has 484 valence electrons. The highest BCUT2D eigenvalue weighted by atomic mass is 32.1. The van der Waals surface area contributed by atoms with Crippen LogP contribution >= 0.6 is 45.9 Å². The van der Waals surface area contributed by atoms with Crippen molar-refractivity contribution in [3.05, 3.63) is 358 Å². The average molecular weight is 1360 g/mol. The van der Waals surface area contributed by atoms with E-state index in [1.165, 1.54) is 62.2 Å². The van der Waals surface area contributed by atoms with Gasteiger partial charge in [0.05, 0.1) is 76.7 Å². The summed E-state index contributed by atoms with van der Waals surface area (Å²) >= 11 is 5.95. The molecule has 0 atom stereocenters. The summed E-state index contributed by atoms with van der Waals surface area (Å²) in [5.41, 5.74) is 7.47. The third-order valence-electron chi connectivity index (χ3n) is 12.0. The molecular formula is C73H62N20OS4. The number of aromatic amines is 3. The Morgan fingerprint density at radius 1 is 0.357 bits per heavy atom. The Morgan fingerprint density at radius 2 is 1.00 bits per heavy atom. The fourth-order valence-electron chi connectivity index (χ4n) is 7.65. The highest BCUT2D eigenvalue weighted by Crippen LogP contribution is 2.19. The maximum atomic E-state index is 5.12. The molecule has 21 nitrogen and oxygen atoms in total. The number of hydrogen-bond acceptors (Lipinski definition) is 22. The summed E-state index contributed by atoms with van der Waals surface area (Å²) in [6, 6.07) is 70.0. The zero-order valence-electron chi connectivity index (χ0n) is 52.2. The van der Waals surface area contributed by atoms with Gasteiger partial charge in [0.1, 0.15) is 18.2 Å². The number of nitrogens with one attached hydrogen (secondary N) is 3. The van der Waals surface area contributed by atoms with Crippen molar-refractivity contribution in [1.82, 2.24) is 98.8 Å². The number of aromatic nitrogens is 20. The molecule has 25 heteroatoms. The van der Waals surface area contributed by atoms with E-state index in [0.29, 0.717) is 0 Å². The van der Waals surface area contributed by atoms with Gasteiger partial charge in [-0.25, -0.2) is 19.9 Å². The Hall–Kier alpha value is -12.8. The first-order valence-corrected chi connectivity index (χ1v) is 33.0. The molecule has 14 heterocycles. The van der Waals surface area contributed by atoms with E-state index in [9.17, 15) is 0 Å². The van der Waals surface area contributed by atoms with Crippen LogP contribution in [0.1, 0.15) is 0 Å². The van der Waals surface area contributed by atoms with Gasteiger partial charge in [-0.1, -0.05) is 120 Å². The highest BCUT2D eigenvalue weighted by molar-refractivity contribution is 7.17. The van der Waals surface area contributed by atoms with Gasteiger partial charge in [0.2, 0.25) is 0 Å². The molecule has 20 rings (SSSR count). The van der Waals surface area contributed by atoms with Gasteiger partial charge in [-0.3, -0.25) is 35.1 Å². The van der Waals surface area contributed by atoms with E-state index in [2.05, 4.69) is 159 Å². The zero-order valence-corrected chi connectivity index (χ0v) is 55.5. The van der Waals surface area contributed by atoms with Gasteiger partial charge in [0.25, 0.3) is 0 Å². The lowest BCUT2D eigenvalue weighted by atomic mass is 10.2. The predicted molar refractivity (Wildman–Crippen MR) is 396 cm³/mol. The second-order valence-electron chi connectivity index (χ2n) is 18.6. The SMILES string of the molecule is c1c[nH]cn1.c1ccc2cnccc2c1.c1ccc2ncccc2c1.c1ccc2nccnc2c1.c1ccc2nnccc2c1.c1ccc2occc2c1.c1ccc2sccc2c1.c1cn[nH]c1.c1cnc2ncccc2c1.c1cnsn1.c1cscn1.c1csnn1.c1nc[nH]n1. The van der Waals surface area contributed by atoms with Crippen molar-refractivity contribution in [2.75, 3.05) is 0 Å². The maximum Gasteiger partial charge on any atom is 0.159 e. The minimum atomic E-state index is 0.810. The molecule has 0 bridgehead atoms. The third kappa shape index (κ3) is 28.2. The quantitative estimate of drug-likeness (QED) is 0.127. The largest absolute Gasteiger partial charge is 0.464 e. The van der Waals surface area contributed by atoms with Gasteiger partial charge < -0.3 is 9.40 Å². The van der Waals surface area contributed by atoms with E-state index >= 15 is 0 Å². The molecule has 0 radical (unpaired) electrons. The minimum Gasteiger partial charge on any atom is -0.464 e. The van der Waals surface area contributed by atoms with Crippen LogP contribution in [0.5, 0.6) is 0 Å². The first-order chi connectivity index (χ1) is 48.8. The summed E-state index contributed by atoms with van der Waals surface area (Å²) in [7, 11) is 0. The van der Waals surface area contributed by atoms with Crippen LogP contribution in [0.3, 0.4) is 0 Å². The Kier molecular flexibility index (Phi) is 33.0. The molecule has 98 heavy (non-hydrogen) atoms. The Bertz CT molecular complexity index is 3960. The zero-order chi connectivity index (χ0) is 67.5. The second-order valence-corrected chi connectivity index (χ2v) is 21.5. The molecular weight excluding hydrogens is 1300 g/mol. The number of furan rings is 1. The smallest absolute Gasteiger partial charge is 0.159 e. The van der Waals surface area contributed by atoms with Crippen molar-refractivity contribution in [3.63, 3.8) is 0 Å². The summed E-state index contributed by atoms with van der Waals surface area (Å²) in [5, 5.41) is 37.6. The number of pyridine rings is 4. The molecule has 14 aromatic heterocycles. The first-order valence-electron chi connectivity index (χ1n) is 29.6. The number of imidazole rings is 1. The normalized spacial score (nSPS) is 9.43. The van der Waals surface area contributed by atoms with Gasteiger partial charge in [-0.2, -0.15) is 29.1 Å². The van der Waals surface area contributed by atoms with E-state index in [1.807, 2.05) is 187 Å². The molecule has 3 N–H and O–H groups in total. The molecule has 0 saturated heterocycles. The van der Waals surface area contributed by atoms with E-state index in [-0.39, 0.29) is 0 Å². The summed E-state index contributed by atoms with van der Waals surface area (Å²) in [6.07, 6.45) is 34.0. The van der Waals surface area contributed by atoms with Gasteiger partial charge in [-0.15, -0.1) is 27.8 Å². The molecule has 0 aliphatic rings. The van der Waals surface area contributed by atoms with Crippen LogP contribution in [0.25, 0.3) is 75.7 Å². The van der Waals surface area contributed by atoms with Crippen molar-refractivity contribution in [2.45, 2.75) is 0 Å². The minimum absolute atomic E-state index is 0.810. The standard InChI is InChI=1S/2C9H7N.3C8H6N2.C8H6O.C8H6S.2C3H4N2.C3H3NS.C2H3N3.2C2H2N2S/c1-2-6-9-8(4-1)5-3-7-10-9;1-2-4-9-7-10-6-5-8(9)3-1;1-3-7-4-2-6-10-8(7)9-5-1;1-2-4-8-7(3-1)9-5-6-10-8;1-2-4-8-7(3-1)5-6-9-10-8;2*1-2-4-8-7(3-1)5-6-9-8;1-2-5-3-4-1;1-2-4-5-3-1;1-2-5-3-4-1;1-3-2-5-4-1;1-2-5-4-3-1;1-2-4-5-3-1/h2*1-7H;3*1-6H;2*1-6H;2*1-3H,(H,4,5);1-3H;1-2H,(H,3,4,5);2*1-2H. The second kappa shape index (κ2) is 45.5. The molecule has 0 unspecified atom stereocenters. The molecule has 0 aliphatic carbocycles. The maximum absolute atomic E-state index is 5.12. The van der Waals surface area contributed by atoms with Crippen LogP contribution in [0.15, 0.2) is 363 Å². The fraction of sp³-hybridized carbons (Fsp3) is 0. The monoisotopic (exact) mass is 1360 g/mol. The highest BCUT2D eigenvalue weighted by Gasteiger charge is 1.93. The van der Waals surface area contributed by atoms with Gasteiger partial charge >= 0.3 is 0 Å². The van der Waals surface area contributed by atoms with E-state index in [0.717, 1.165) is 49.5 Å². The number of rotatable bonds is 0. The number of nitrogens with zero attached hydrogens (tertiary/aromatic N) is 17. The van der Waals surface area contributed by atoms with Gasteiger partial charge in [0.15, 0.2) is 5.65 Å². The van der Waals surface area contributed by atoms with Crippen molar-refractivity contribution in [1.29, 1.82) is 0 Å². The van der Waals surface area contributed by atoms with E-state index in [1.54, 1.807) is 121 Å². The lowest BCUT2D eigenvalue weighted by Crippen LogP contribution is -1.79. The number of benzene rings is 6. The lowest BCUT2D eigenvalue weighted by Gasteiger charge is -1.91. The first kappa shape index (κ1) is 71.0. The van der Waals surface area contributed by atoms with Crippen molar-refractivity contribution < 1.29 is 4.42 Å². The number of para-hydroxylation sites is 4. The van der Waals surface area contributed by atoms with Crippen LogP contribution in [-0.2, 0) is 0 Å². The Morgan fingerprint density at radius 3 is 1.51 bits per heavy atom. The van der Waals surface area contributed by atoms with Crippen LogP contribution in [-0.4, -0.2) is 98.8 Å². The number of H-pyrrole nitrogens is 3. The van der Waals surface area contributed by atoms with Crippen LogP contribution in [0.2, 0.25) is 0 Å². The van der Waals surface area contributed by atoms with Crippen molar-refractivity contribution in [3.8, 4) is 0 Å². The fourth-order valence-corrected chi connectivity index (χ4v) is 9.33. The summed E-state index contributed by atoms with van der Waals surface area (Å²) in [4.78, 5) is 38.3. The summed E-state index contributed by atoms with van der Waals surface area (Å²) in [5.74, 6) is 0. The molecule has 0 aliphatic heterocycles. The Labute approximate surface area is 579 Å². The molecule has 6 aromatic carbocycles. The molecule has 0 fully saturated rings. The molecule has 0 saturated carbocycles. The van der Waals surface area contributed by atoms with Crippen LogP contribution in [0, 0.1) is 0 Å². The van der Waals surface area contributed by atoms with Gasteiger partial charge in [-0.05, 0) is 130 Å². The van der Waals surface area contributed by atoms with Crippen LogP contribution in [0.4, 0.5) is 0 Å². The molecule has 20 aromatic rings.